The van der Waals surface area contributed by atoms with Crippen LogP contribution in [-0.4, -0.2) is 34.2 Å². The number of carboxylic acid groups (broad SMARTS) is 1. The van der Waals surface area contributed by atoms with Crippen LogP contribution in [0.15, 0.2) is 0 Å². The highest BCUT2D eigenvalue weighted by Crippen LogP contribution is 2.29. The fourth-order valence-corrected chi connectivity index (χ4v) is 2.87. The summed E-state index contributed by atoms with van der Waals surface area (Å²) in [4.78, 5) is 15.8. The quantitative estimate of drug-likeness (QED) is 0.853. The van der Waals surface area contributed by atoms with E-state index < -0.39 is 5.97 Å². The maximum absolute atomic E-state index is 11.3. The van der Waals surface area contributed by atoms with E-state index in [-0.39, 0.29) is 11.6 Å². The van der Waals surface area contributed by atoms with Gasteiger partial charge in [-0.15, -0.1) is 0 Å². The van der Waals surface area contributed by atoms with Crippen LogP contribution in [0.4, 0.5) is 0 Å². The van der Waals surface area contributed by atoms with E-state index in [4.69, 9.17) is 0 Å². The average molecular weight is 265 g/mol. The minimum Gasteiger partial charge on any atom is -0.476 e. The molecule has 1 aliphatic heterocycles. The molecule has 0 bridgehead atoms. The number of carboxylic acids is 1. The lowest BCUT2D eigenvalue weighted by Crippen LogP contribution is -2.25. The fourth-order valence-electron chi connectivity index (χ4n) is 2.87. The second-order valence-corrected chi connectivity index (χ2v) is 5.59. The molecule has 0 saturated carbocycles. The normalized spacial score (nSPS) is 16.4. The highest BCUT2D eigenvalue weighted by Gasteiger charge is 2.29. The Morgan fingerprint density at radius 2 is 2.21 bits per heavy atom. The molecule has 0 amide bonds. The molecule has 5 nitrogen and oxygen atoms in total. The van der Waals surface area contributed by atoms with Crippen LogP contribution in [0.3, 0.4) is 0 Å². The summed E-state index contributed by atoms with van der Waals surface area (Å²) in [5.41, 5.74) is 1.17. The molecular formula is C14H23N3O2. The van der Waals surface area contributed by atoms with Crippen molar-refractivity contribution in [3.63, 3.8) is 0 Å². The van der Waals surface area contributed by atoms with E-state index >= 15 is 0 Å². The first-order valence-electron chi connectivity index (χ1n) is 7.03. The Morgan fingerprint density at radius 3 is 2.79 bits per heavy atom. The minimum absolute atomic E-state index is 0.259. The lowest BCUT2D eigenvalue weighted by atomic mass is 9.94. The number of imidazole rings is 1. The Labute approximate surface area is 114 Å². The molecule has 1 aliphatic rings. The number of aromatic carboxylic acids is 1. The summed E-state index contributed by atoms with van der Waals surface area (Å²) in [6, 6.07) is 0. The number of fused-ring (bicyclic) bond motifs is 1. The smallest absolute Gasteiger partial charge is 0.356 e. The molecule has 0 fully saturated rings. The van der Waals surface area contributed by atoms with Gasteiger partial charge in [0.1, 0.15) is 5.82 Å². The molecule has 1 atom stereocenters. The summed E-state index contributed by atoms with van der Waals surface area (Å²) in [6.07, 6.45) is 3.00. The van der Waals surface area contributed by atoms with Crippen molar-refractivity contribution in [3.8, 4) is 0 Å². The van der Waals surface area contributed by atoms with Crippen LogP contribution < -0.4 is 5.32 Å². The lowest BCUT2D eigenvalue weighted by molar-refractivity contribution is 0.0689. The van der Waals surface area contributed by atoms with Gasteiger partial charge in [0, 0.05) is 19.0 Å². The van der Waals surface area contributed by atoms with E-state index in [1.54, 1.807) is 0 Å². The molecule has 1 unspecified atom stereocenters. The summed E-state index contributed by atoms with van der Waals surface area (Å²) in [5, 5.41) is 12.5. The number of nitrogens with one attached hydrogen (secondary N) is 1. The molecule has 0 radical (unpaired) electrons. The Hall–Kier alpha value is -1.36. The zero-order chi connectivity index (χ0) is 14.0. The number of nitrogens with zero attached hydrogens (tertiary/aromatic N) is 2. The first kappa shape index (κ1) is 14.1. The summed E-state index contributed by atoms with van der Waals surface area (Å²) in [7, 11) is 1.92. The van der Waals surface area contributed by atoms with E-state index in [9.17, 15) is 9.90 Å². The summed E-state index contributed by atoms with van der Waals surface area (Å²) >= 11 is 0. The third kappa shape index (κ3) is 2.66. The second kappa shape index (κ2) is 5.74. The Balaban J connectivity index is 2.47. The molecule has 0 spiro atoms. The van der Waals surface area contributed by atoms with Crippen molar-refractivity contribution in [3.05, 3.63) is 17.2 Å². The maximum Gasteiger partial charge on any atom is 0.356 e. The standard InChI is InChI=1S/C14H23N3O2/c1-9(2)10(8-15-3)13-16-12(14(18)19)11-6-4-5-7-17(11)13/h9-10,15H,4-8H2,1-3H3,(H,18,19). The first-order chi connectivity index (χ1) is 9.06. The molecule has 5 heteroatoms. The van der Waals surface area contributed by atoms with Crippen LogP contribution in [0, 0.1) is 5.92 Å². The van der Waals surface area contributed by atoms with Gasteiger partial charge in [-0.05, 0) is 32.2 Å². The highest BCUT2D eigenvalue weighted by atomic mass is 16.4. The van der Waals surface area contributed by atoms with Gasteiger partial charge in [0.2, 0.25) is 0 Å². The number of rotatable bonds is 5. The molecule has 19 heavy (non-hydrogen) atoms. The van der Waals surface area contributed by atoms with Crippen molar-refractivity contribution >= 4 is 5.97 Å². The summed E-state index contributed by atoms with van der Waals surface area (Å²) < 4.78 is 2.15. The van der Waals surface area contributed by atoms with Gasteiger partial charge in [-0.25, -0.2) is 9.78 Å². The number of hydrogen-bond donors (Lipinski definition) is 2. The van der Waals surface area contributed by atoms with Crippen LogP contribution in [0.25, 0.3) is 0 Å². The van der Waals surface area contributed by atoms with E-state index in [1.165, 1.54) is 0 Å². The number of likely N-dealkylation sites (N-methyl/N-ethyl adjacent to an activating group) is 1. The van der Waals surface area contributed by atoms with Crippen molar-refractivity contribution in [1.82, 2.24) is 14.9 Å². The van der Waals surface area contributed by atoms with Crippen molar-refractivity contribution < 1.29 is 9.90 Å². The van der Waals surface area contributed by atoms with Crippen molar-refractivity contribution in [2.45, 2.75) is 45.6 Å². The predicted molar refractivity (Wildman–Crippen MR) is 73.6 cm³/mol. The molecule has 1 aromatic rings. The van der Waals surface area contributed by atoms with Gasteiger partial charge in [-0.1, -0.05) is 13.8 Å². The van der Waals surface area contributed by atoms with Crippen LogP contribution in [0.5, 0.6) is 0 Å². The Bertz CT molecular complexity index is 466. The fraction of sp³-hybridized carbons (Fsp3) is 0.714. The van der Waals surface area contributed by atoms with Gasteiger partial charge in [0.25, 0.3) is 0 Å². The van der Waals surface area contributed by atoms with Gasteiger partial charge in [-0.2, -0.15) is 0 Å². The van der Waals surface area contributed by atoms with E-state index in [2.05, 4.69) is 28.7 Å². The molecule has 2 N–H and O–H groups in total. The van der Waals surface area contributed by atoms with Crippen LogP contribution in [0.2, 0.25) is 0 Å². The first-order valence-corrected chi connectivity index (χ1v) is 7.03. The van der Waals surface area contributed by atoms with Crippen molar-refractivity contribution in [2.24, 2.45) is 5.92 Å². The largest absolute Gasteiger partial charge is 0.476 e. The molecule has 1 aromatic heterocycles. The molecule has 0 aromatic carbocycles. The summed E-state index contributed by atoms with van der Waals surface area (Å²) in [6.45, 7) is 6.05. The van der Waals surface area contributed by atoms with Gasteiger partial charge in [0.15, 0.2) is 5.69 Å². The minimum atomic E-state index is -0.899. The zero-order valence-electron chi connectivity index (χ0n) is 11.9. The number of carbonyl (C=O) groups is 1. The van der Waals surface area contributed by atoms with Gasteiger partial charge in [0.05, 0.1) is 5.69 Å². The molecule has 0 saturated heterocycles. The summed E-state index contributed by atoms with van der Waals surface area (Å²) in [5.74, 6) is 0.734. The number of aromatic nitrogens is 2. The van der Waals surface area contributed by atoms with E-state index in [1.807, 2.05) is 7.05 Å². The van der Waals surface area contributed by atoms with Crippen LogP contribution >= 0.6 is 0 Å². The second-order valence-electron chi connectivity index (χ2n) is 5.59. The van der Waals surface area contributed by atoms with E-state index in [0.29, 0.717) is 5.92 Å². The van der Waals surface area contributed by atoms with Crippen LogP contribution in [-0.2, 0) is 13.0 Å². The van der Waals surface area contributed by atoms with Crippen molar-refractivity contribution in [2.75, 3.05) is 13.6 Å². The third-order valence-electron chi connectivity index (χ3n) is 3.91. The highest BCUT2D eigenvalue weighted by molar-refractivity contribution is 5.87. The Kier molecular flexibility index (Phi) is 4.24. The van der Waals surface area contributed by atoms with Gasteiger partial charge >= 0.3 is 5.97 Å². The van der Waals surface area contributed by atoms with Gasteiger partial charge < -0.3 is 15.0 Å². The third-order valence-corrected chi connectivity index (χ3v) is 3.91. The molecular weight excluding hydrogens is 242 g/mol. The molecule has 2 rings (SSSR count). The van der Waals surface area contributed by atoms with E-state index in [0.717, 1.165) is 43.9 Å². The van der Waals surface area contributed by atoms with Gasteiger partial charge in [-0.3, -0.25) is 0 Å². The van der Waals surface area contributed by atoms with Crippen molar-refractivity contribution in [1.29, 1.82) is 0 Å². The maximum atomic E-state index is 11.3. The lowest BCUT2D eigenvalue weighted by Gasteiger charge is -2.24. The predicted octanol–water partition coefficient (Wildman–Crippen LogP) is 1.88. The SMILES string of the molecule is CNCC(c1nc(C(=O)O)c2n1CCCC2)C(C)C. The zero-order valence-corrected chi connectivity index (χ0v) is 11.9. The monoisotopic (exact) mass is 265 g/mol. The average Bonchev–Trinajstić information content (AvgIpc) is 2.75. The molecule has 2 heterocycles. The van der Waals surface area contributed by atoms with Crippen LogP contribution in [0.1, 0.15) is 54.6 Å². The molecule has 0 aliphatic carbocycles. The number of hydrogen-bond acceptors (Lipinski definition) is 3. The Morgan fingerprint density at radius 1 is 1.47 bits per heavy atom. The topological polar surface area (TPSA) is 67.2 Å². The molecule has 106 valence electrons.